The molecule has 3 unspecified atom stereocenters. The first-order valence-electron chi connectivity index (χ1n) is 14.7. The lowest BCUT2D eigenvalue weighted by atomic mass is 10.0. The number of hydrogen-bond donors (Lipinski definition) is 3. The highest BCUT2D eigenvalue weighted by atomic mass is 32.2. The molecule has 3 rings (SSSR count). The lowest BCUT2D eigenvalue weighted by Gasteiger charge is -2.32. The van der Waals surface area contributed by atoms with Crippen LogP contribution in [0.5, 0.6) is 5.75 Å². The summed E-state index contributed by atoms with van der Waals surface area (Å²) in [4.78, 5) is 27.3. The predicted molar refractivity (Wildman–Crippen MR) is 170 cm³/mol. The average molecular weight is 664 g/mol. The third-order valence-electron chi connectivity index (χ3n) is 6.83. The van der Waals surface area contributed by atoms with Gasteiger partial charge in [0.05, 0.1) is 25.3 Å². The maximum atomic E-state index is 13.5. The van der Waals surface area contributed by atoms with Crippen LogP contribution in [-0.4, -0.2) is 78.2 Å². The molecule has 0 heterocycles. The van der Waals surface area contributed by atoms with Crippen molar-refractivity contribution in [2.75, 3.05) is 31.6 Å². The second kappa shape index (κ2) is 17.8. The van der Waals surface area contributed by atoms with E-state index in [9.17, 15) is 33.0 Å². The van der Waals surface area contributed by atoms with Crippen LogP contribution in [0.2, 0.25) is 0 Å². The number of rotatable bonds is 18. The number of aliphatic hydroxyl groups is 2. The summed E-state index contributed by atoms with van der Waals surface area (Å²) in [5.74, 6) is -0.850. The summed E-state index contributed by atoms with van der Waals surface area (Å²) in [7, 11) is 1.53. The molecule has 0 radical (unpaired) electrons. The Morgan fingerprint density at radius 1 is 0.978 bits per heavy atom. The SMILES string of the molecule is CC(C)CN(CC(O)C(Cc1ccccc1)NC(=O)C(CN(C)c1cccc(OC(F)(F)F)c1)OC=O)Sc1ccc(CO)cc1. The highest BCUT2D eigenvalue weighted by Gasteiger charge is 2.32. The van der Waals surface area contributed by atoms with Gasteiger partial charge in [-0.05, 0) is 59.7 Å². The Kier molecular flexibility index (Phi) is 14.2. The highest BCUT2D eigenvalue weighted by molar-refractivity contribution is 7.97. The van der Waals surface area contributed by atoms with Crippen LogP contribution in [-0.2, 0) is 27.4 Å². The molecule has 13 heteroatoms. The first-order valence-corrected chi connectivity index (χ1v) is 15.4. The van der Waals surface area contributed by atoms with Crippen molar-refractivity contribution < 1.29 is 42.4 Å². The molecule has 3 atom stereocenters. The van der Waals surface area contributed by atoms with E-state index in [2.05, 4.69) is 23.9 Å². The molecule has 3 aromatic carbocycles. The Morgan fingerprint density at radius 3 is 2.28 bits per heavy atom. The molecular formula is C33H40F3N3O6S. The zero-order valence-electron chi connectivity index (χ0n) is 25.9. The summed E-state index contributed by atoms with van der Waals surface area (Å²) in [6.07, 6.45) is -6.98. The van der Waals surface area contributed by atoms with E-state index in [4.69, 9.17) is 4.74 Å². The standard InChI is InChI=1S/C33H40F3N3O6S/c1-23(2)18-39(46-28-14-12-25(21-40)13-15-28)19-30(42)29(16-24-8-5-4-6-9-24)37-32(43)31(44-22-41)20-38(3)26-10-7-11-27(17-26)45-33(34,35)36/h4-15,17,22-23,29-31,40,42H,16,18-21H2,1-3H3,(H,37,43). The molecular weight excluding hydrogens is 623 g/mol. The zero-order valence-corrected chi connectivity index (χ0v) is 26.7. The Bertz CT molecular complexity index is 1360. The Labute approximate surface area is 271 Å². The number of carbonyl (C=O) groups is 2. The van der Waals surface area contributed by atoms with Gasteiger partial charge in [0, 0.05) is 36.8 Å². The van der Waals surface area contributed by atoms with E-state index in [1.54, 1.807) is 0 Å². The Hall–Kier alpha value is -3.78. The van der Waals surface area contributed by atoms with Crippen LogP contribution in [0.1, 0.15) is 25.0 Å². The summed E-state index contributed by atoms with van der Waals surface area (Å²) in [6.45, 7) is 4.81. The number of amides is 1. The predicted octanol–water partition coefficient (Wildman–Crippen LogP) is 4.81. The molecule has 0 aliphatic rings. The van der Waals surface area contributed by atoms with Crippen molar-refractivity contribution in [2.45, 2.75) is 56.4 Å². The lowest BCUT2D eigenvalue weighted by molar-refractivity contribution is -0.274. The molecule has 0 aromatic heterocycles. The van der Waals surface area contributed by atoms with Crippen LogP contribution in [0.3, 0.4) is 0 Å². The number of halogens is 3. The first kappa shape index (κ1) is 36.7. The van der Waals surface area contributed by atoms with Crippen LogP contribution >= 0.6 is 11.9 Å². The van der Waals surface area contributed by atoms with E-state index in [-0.39, 0.29) is 38.5 Å². The molecule has 46 heavy (non-hydrogen) atoms. The number of anilines is 1. The van der Waals surface area contributed by atoms with Crippen molar-refractivity contribution in [2.24, 2.45) is 5.92 Å². The molecule has 0 aliphatic heterocycles. The summed E-state index contributed by atoms with van der Waals surface area (Å²) in [6, 6.07) is 21.2. The number of carbonyl (C=O) groups excluding carboxylic acids is 2. The van der Waals surface area contributed by atoms with Crippen molar-refractivity contribution in [3.63, 3.8) is 0 Å². The maximum Gasteiger partial charge on any atom is 0.573 e. The summed E-state index contributed by atoms with van der Waals surface area (Å²) < 4.78 is 49.3. The Morgan fingerprint density at radius 2 is 1.67 bits per heavy atom. The average Bonchev–Trinajstić information content (AvgIpc) is 3.00. The van der Waals surface area contributed by atoms with E-state index >= 15 is 0 Å². The molecule has 1 amide bonds. The molecule has 0 bridgehead atoms. The number of nitrogens with one attached hydrogen (secondary N) is 1. The molecule has 250 valence electrons. The molecule has 3 aromatic rings. The second-order valence-corrected chi connectivity index (χ2v) is 12.3. The summed E-state index contributed by atoms with van der Waals surface area (Å²) in [5.41, 5.74) is 1.94. The van der Waals surface area contributed by atoms with Gasteiger partial charge in [0.25, 0.3) is 12.4 Å². The van der Waals surface area contributed by atoms with Gasteiger partial charge in [-0.2, -0.15) is 0 Å². The van der Waals surface area contributed by atoms with Crippen molar-refractivity contribution in [1.82, 2.24) is 9.62 Å². The van der Waals surface area contributed by atoms with Crippen molar-refractivity contribution in [3.8, 4) is 5.75 Å². The third-order valence-corrected chi connectivity index (χ3v) is 7.87. The van der Waals surface area contributed by atoms with Crippen molar-refractivity contribution in [1.29, 1.82) is 0 Å². The summed E-state index contributed by atoms with van der Waals surface area (Å²) in [5, 5.41) is 23.7. The fourth-order valence-electron chi connectivity index (χ4n) is 4.65. The van der Waals surface area contributed by atoms with Gasteiger partial charge in [0.1, 0.15) is 5.75 Å². The molecule has 0 saturated carbocycles. The van der Waals surface area contributed by atoms with Gasteiger partial charge in [-0.1, -0.05) is 62.4 Å². The molecule has 3 N–H and O–H groups in total. The van der Waals surface area contributed by atoms with Crippen molar-refractivity contribution in [3.05, 3.63) is 90.0 Å². The van der Waals surface area contributed by atoms with Crippen LogP contribution in [0.15, 0.2) is 83.8 Å². The van der Waals surface area contributed by atoms with Crippen LogP contribution in [0.25, 0.3) is 0 Å². The number of ether oxygens (including phenoxy) is 2. The van der Waals surface area contributed by atoms with Crippen LogP contribution in [0, 0.1) is 5.92 Å². The topological polar surface area (TPSA) is 112 Å². The van der Waals surface area contributed by atoms with Gasteiger partial charge >= 0.3 is 6.36 Å². The number of alkyl halides is 3. The van der Waals surface area contributed by atoms with E-state index < -0.39 is 36.3 Å². The number of aliphatic hydroxyl groups excluding tert-OH is 2. The highest BCUT2D eigenvalue weighted by Crippen LogP contribution is 2.27. The minimum Gasteiger partial charge on any atom is -0.453 e. The van der Waals surface area contributed by atoms with E-state index in [0.717, 1.165) is 28.2 Å². The number of benzene rings is 3. The number of nitrogens with zero attached hydrogens (tertiary/aromatic N) is 2. The molecule has 0 fully saturated rings. The quantitative estimate of drug-likeness (QED) is 0.131. The van der Waals surface area contributed by atoms with E-state index in [1.165, 1.54) is 36.0 Å². The van der Waals surface area contributed by atoms with Gasteiger partial charge in [0.2, 0.25) is 0 Å². The van der Waals surface area contributed by atoms with Gasteiger partial charge in [-0.3, -0.25) is 9.59 Å². The van der Waals surface area contributed by atoms with E-state index in [0.29, 0.717) is 12.2 Å². The van der Waals surface area contributed by atoms with Gasteiger partial charge in [-0.15, -0.1) is 13.2 Å². The largest absolute Gasteiger partial charge is 0.573 e. The minimum absolute atomic E-state index is 0.0658. The van der Waals surface area contributed by atoms with Crippen molar-refractivity contribution >= 4 is 30.0 Å². The monoisotopic (exact) mass is 663 g/mol. The Balaban J connectivity index is 1.78. The summed E-state index contributed by atoms with van der Waals surface area (Å²) >= 11 is 1.45. The van der Waals surface area contributed by atoms with Gasteiger partial charge < -0.3 is 29.9 Å². The smallest absolute Gasteiger partial charge is 0.453 e. The fourth-order valence-corrected chi connectivity index (χ4v) is 5.81. The van der Waals surface area contributed by atoms with Crippen LogP contribution in [0.4, 0.5) is 18.9 Å². The third kappa shape index (κ3) is 12.5. The van der Waals surface area contributed by atoms with Gasteiger partial charge in [-0.25, -0.2) is 4.31 Å². The maximum absolute atomic E-state index is 13.5. The first-order chi connectivity index (χ1) is 21.9. The lowest BCUT2D eigenvalue weighted by Crippen LogP contribution is -2.53. The van der Waals surface area contributed by atoms with E-state index in [1.807, 2.05) is 58.9 Å². The molecule has 9 nitrogen and oxygen atoms in total. The second-order valence-electron chi connectivity index (χ2n) is 11.2. The van der Waals surface area contributed by atoms with Gasteiger partial charge in [0.15, 0.2) is 6.10 Å². The minimum atomic E-state index is -4.87. The number of hydrogen-bond acceptors (Lipinski definition) is 9. The molecule has 0 spiro atoms. The normalized spacial score (nSPS) is 13.6. The number of likely N-dealkylation sites (N-methyl/N-ethyl adjacent to an activating group) is 1. The van der Waals surface area contributed by atoms with Crippen LogP contribution < -0.4 is 15.0 Å². The molecule has 0 saturated heterocycles. The molecule has 0 aliphatic carbocycles. The fraction of sp³-hybridized carbons (Fsp3) is 0.394. The zero-order chi connectivity index (χ0) is 33.7.